The summed E-state index contributed by atoms with van der Waals surface area (Å²) in [6.45, 7) is 3.28. The first-order chi connectivity index (χ1) is 12.6. The number of likely N-dealkylation sites (tertiary alicyclic amines) is 1. The monoisotopic (exact) mass is 356 g/mol. The first-order valence-corrected chi connectivity index (χ1v) is 8.97. The van der Waals surface area contributed by atoms with E-state index < -0.39 is 0 Å². The molecule has 1 aromatic carbocycles. The fourth-order valence-electron chi connectivity index (χ4n) is 4.36. The number of nitrogens with zero attached hydrogens (tertiary/aromatic N) is 3. The van der Waals surface area contributed by atoms with Gasteiger partial charge >= 0.3 is 0 Å². The number of amides is 1. The average molecular weight is 356 g/mol. The third-order valence-corrected chi connectivity index (χ3v) is 5.84. The summed E-state index contributed by atoms with van der Waals surface area (Å²) in [5.74, 6) is 2.85. The quantitative estimate of drug-likeness (QED) is 0.911. The van der Waals surface area contributed by atoms with E-state index in [1.807, 2.05) is 17.9 Å². The van der Waals surface area contributed by atoms with E-state index in [1.165, 1.54) is 6.42 Å². The molecular weight excluding hydrogens is 332 g/mol. The zero-order valence-electron chi connectivity index (χ0n) is 15.4. The predicted molar refractivity (Wildman–Crippen MR) is 95.6 cm³/mol. The number of H-pyrrole nitrogens is 1. The molecule has 1 atom stereocenters. The Labute approximate surface area is 152 Å². The second kappa shape index (κ2) is 6.30. The fraction of sp³-hybridized carbons (Fsp3) is 0.526. The number of ether oxygens (including phenoxy) is 2. The molecule has 1 N–H and O–H groups in total. The van der Waals surface area contributed by atoms with Crippen molar-refractivity contribution >= 4 is 5.91 Å². The number of nitrogens with one attached hydrogen (secondary N) is 1. The fourth-order valence-corrected chi connectivity index (χ4v) is 4.36. The first-order valence-electron chi connectivity index (χ1n) is 8.97. The number of methoxy groups -OCH3 is 2. The number of aromatic nitrogens is 3. The van der Waals surface area contributed by atoms with Crippen molar-refractivity contribution in [2.75, 3.05) is 27.3 Å². The number of aryl methyl sites for hydroxylation is 1. The normalized spacial score (nSPS) is 20.9. The summed E-state index contributed by atoms with van der Waals surface area (Å²) in [6, 6.07) is 5.41. The minimum absolute atomic E-state index is 0.0261. The standard InChI is InChI=1S/C19H24N4O3/c1-12-20-17(22-21-12)14-10-23(11-19(14)8-5-9-19)18(24)13-6-4-7-15(25-2)16(13)26-3/h4,6-7,14H,5,8-11H2,1-3H3,(H,20,21,22). The van der Waals surface area contributed by atoms with E-state index >= 15 is 0 Å². The van der Waals surface area contributed by atoms with E-state index in [1.54, 1.807) is 26.4 Å². The first kappa shape index (κ1) is 16.9. The molecule has 0 radical (unpaired) electrons. The van der Waals surface area contributed by atoms with Gasteiger partial charge in [-0.1, -0.05) is 12.5 Å². The number of benzene rings is 1. The number of hydrogen-bond donors (Lipinski definition) is 1. The van der Waals surface area contributed by atoms with Gasteiger partial charge in [-0.2, -0.15) is 5.10 Å². The Balaban J connectivity index is 1.64. The molecule has 7 heteroatoms. The van der Waals surface area contributed by atoms with Gasteiger partial charge in [0, 0.05) is 19.0 Å². The minimum Gasteiger partial charge on any atom is -0.493 e. The van der Waals surface area contributed by atoms with Crippen LogP contribution in [0.3, 0.4) is 0 Å². The van der Waals surface area contributed by atoms with Gasteiger partial charge in [-0.15, -0.1) is 0 Å². The Morgan fingerprint density at radius 3 is 2.69 bits per heavy atom. The van der Waals surface area contributed by atoms with Gasteiger partial charge in [0.05, 0.1) is 19.8 Å². The summed E-state index contributed by atoms with van der Waals surface area (Å²) in [4.78, 5) is 19.7. The lowest BCUT2D eigenvalue weighted by molar-refractivity contribution is 0.0720. The molecule has 0 bridgehead atoms. The van der Waals surface area contributed by atoms with Gasteiger partial charge in [0.1, 0.15) is 5.82 Å². The highest BCUT2D eigenvalue weighted by molar-refractivity contribution is 5.98. The number of carbonyl (C=O) groups is 1. The third kappa shape index (κ3) is 2.53. The highest BCUT2D eigenvalue weighted by Gasteiger charge is 2.53. The second-order valence-electron chi connectivity index (χ2n) is 7.27. The Kier molecular flexibility index (Phi) is 4.09. The molecule has 7 nitrogen and oxygen atoms in total. The number of hydrogen-bond acceptors (Lipinski definition) is 5. The summed E-state index contributed by atoms with van der Waals surface area (Å²) in [6.07, 6.45) is 3.43. The zero-order valence-corrected chi connectivity index (χ0v) is 15.4. The molecule has 1 amide bonds. The summed E-state index contributed by atoms with van der Waals surface area (Å²) >= 11 is 0. The van der Waals surface area contributed by atoms with E-state index in [2.05, 4.69) is 15.2 Å². The van der Waals surface area contributed by atoms with Crippen LogP contribution in [0, 0.1) is 12.3 Å². The van der Waals surface area contributed by atoms with E-state index in [4.69, 9.17) is 9.47 Å². The van der Waals surface area contributed by atoms with Gasteiger partial charge in [-0.3, -0.25) is 9.89 Å². The molecule has 2 heterocycles. The van der Waals surface area contributed by atoms with Crippen molar-refractivity contribution in [3.8, 4) is 11.5 Å². The average Bonchev–Trinajstić information content (AvgIpc) is 3.23. The van der Waals surface area contributed by atoms with Gasteiger partial charge in [0.2, 0.25) is 0 Å². The smallest absolute Gasteiger partial charge is 0.257 e. The molecule has 1 unspecified atom stereocenters. The van der Waals surface area contributed by atoms with Crippen LogP contribution in [0.2, 0.25) is 0 Å². The van der Waals surface area contributed by atoms with E-state index in [9.17, 15) is 4.79 Å². The predicted octanol–water partition coefficient (Wildman–Crippen LogP) is 2.54. The summed E-state index contributed by atoms with van der Waals surface area (Å²) in [7, 11) is 3.14. The largest absolute Gasteiger partial charge is 0.493 e. The number of para-hydroxylation sites is 1. The van der Waals surface area contributed by atoms with Crippen LogP contribution >= 0.6 is 0 Å². The summed E-state index contributed by atoms with van der Waals surface area (Å²) in [5, 5.41) is 7.32. The Morgan fingerprint density at radius 1 is 1.31 bits per heavy atom. The van der Waals surface area contributed by atoms with Crippen molar-refractivity contribution in [1.82, 2.24) is 20.1 Å². The van der Waals surface area contributed by atoms with Crippen LogP contribution in [0.15, 0.2) is 18.2 Å². The minimum atomic E-state index is -0.0261. The zero-order chi connectivity index (χ0) is 18.3. The van der Waals surface area contributed by atoms with Crippen molar-refractivity contribution in [3.63, 3.8) is 0 Å². The highest BCUT2D eigenvalue weighted by atomic mass is 16.5. The highest BCUT2D eigenvalue weighted by Crippen LogP contribution is 2.55. The van der Waals surface area contributed by atoms with Gasteiger partial charge in [-0.05, 0) is 37.3 Å². The summed E-state index contributed by atoms with van der Waals surface area (Å²) in [5.41, 5.74) is 0.643. The van der Waals surface area contributed by atoms with Gasteiger partial charge in [0.25, 0.3) is 5.91 Å². The lowest BCUT2D eigenvalue weighted by atomic mass is 9.62. The second-order valence-corrected chi connectivity index (χ2v) is 7.27. The SMILES string of the molecule is COc1cccc(C(=O)N2CC(c3n[nH]c(C)n3)C3(CCC3)C2)c1OC. The van der Waals surface area contributed by atoms with Gasteiger partial charge < -0.3 is 14.4 Å². The van der Waals surface area contributed by atoms with E-state index in [0.717, 1.165) is 31.0 Å². The molecule has 1 saturated heterocycles. The third-order valence-electron chi connectivity index (χ3n) is 5.84. The van der Waals surface area contributed by atoms with Crippen molar-refractivity contribution in [3.05, 3.63) is 35.4 Å². The molecule has 1 aromatic heterocycles. The topological polar surface area (TPSA) is 80.3 Å². The van der Waals surface area contributed by atoms with Crippen LogP contribution in [0.5, 0.6) is 11.5 Å². The Morgan fingerprint density at radius 2 is 2.12 bits per heavy atom. The molecular formula is C19H24N4O3. The van der Waals surface area contributed by atoms with Crippen molar-refractivity contribution < 1.29 is 14.3 Å². The van der Waals surface area contributed by atoms with Crippen LogP contribution in [-0.2, 0) is 0 Å². The molecule has 2 aromatic rings. The van der Waals surface area contributed by atoms with Crippen molar-refractivity contribution in [1.29, 1.82) is 0 Å². The lowest BCUT2D eigenvalue weighted by Gasteiger charge is -2.41. The van der Waals surface area contributed by atoms with Crippen molar-refractivity contribution in [2.45, 2.75) is 32.1 Å². The molecule has 138 valence electrons. The Bertz CT molecular complexity index is 828. The van der Waals surface area contributed by atoms with Crippen LogP contribution in [-0.4, -0.2) is 53.3 Å². The Hall–Kier alpha value is -2.57. The van der Waals surface area contributed by atoms with Crippen LogP contribution < -0.4 is 9.47 Å². The molecule has 1 aliphatic heterocycles. The van der Waals surface area contributed by atoms with Gasteiger partial charge in [-0.25, -0.2) is 4.98 Å². The lowest BCUT2D eigenvalue weighted by Crippen LogP contribution is -2.38. The molecule has 2 aliphatic rings. The molecule has 1 aliphatic carbocycles. The molecule has 2 fully saturated rings. The molecule has 4 rings (SSSR count). The number of carbonyl (C=O) groups excluding carboxylic acids is 1. The number of aromatic amines is 1. The van der Waals surface area contributed by atoms with Crippen molar-refractivity contribution in [2.24, 2.45) is 5.41 Å². The van der Waals surface area contributed by atoms with Crippen LogP contribution in [0.25, 0.3) is 0 Å². The maximum atomic E-state index is 13.2. The maximum Gasteiger partial charge on any atom is 0.257 e. The molecule has 1 spiro atoms. The maximum absolute atomic E-state index is 13.2. The molecule has 1 saturated carbocycles. The van der Waals surface area contributed by atoms with E-state index in [0.29, 0.717) is 23.6 Å². The van der Waals surface area contributed by atoms with Gasteiger partial charge in [0.15, 0.2) is 17.3 Å². The summed E-state index contributed by atoms with van der Waals surface area (Å²) < 4.78 is 10.8. The van der Waals surface area contributed by atoms with Crippen LogP contribution in [0.1, 0.15) is 47.2 Å². The number of rotatable bonds is 4. The van der Waals surface area contributed by atoms with Crippen LogP contribution in [0.4, 0.5) is 0 Å². The van der Waals surface area contributed by atoms with E-state index in [-0.39, 0.29) is 17.2 Å². The molecule has 26 heavy (non-hydrogen) atoms.